The number of carbonyl (C=O) groups excluding carboxylic acids is 1. The lowest BCUT2D eigenvalue weighted by Gasteiger charge is -2.26. The fraction of sp³-hybridized carbons (Fsp3) is 0.588. The van der Waals surface area contributed by atoms with Crippen molar-refractivity contribution >= 4 is 11.6 Å². The van der Waals surface area contributed by atoms with E-state index in [1.807, 2.05) is 12.1 Å². The van der Waals surface area contributed by atoms with Crippen LogP contribution in [-0.2, 0) is 11.2 Å². The number of para-hydroxylation sites is 1. The molecule has 3 rings (SSSR count). The molecule has 1 aromatic carbocycles. The number of amides is 1. The Morgan fingerprint density at radius 3 is 2.95 bits per heavy atom. The Balaban J connectivity index is 1.52. The molecule has 1 aliphatic heterocycles. The van der Waals surface area contributed by atoms with E-state index < -0.39 is 0 Å². The van der Waals surface area contributed by atoms with Crippen LogP contribution >= 0.6 is 0 Å². The van der Waals surface area contributed by atoms with Crippen molar-refractivity contribution in [2.45, 2.75) is 25.7 Å². The molecule has 1 heterocycles. The van der Waals surface area contributed by atoms with E-state index >= 15 is 0 Å². The quantitative estimate of drug-likeness (QED) is 0.791. The van der Waals surface area contributed by atoms with Crippen molar-refractivity contribution in [2.24, 2.45) is 17.8 Å². The highest BCUT2D eigenvalue weighted by molar-refractivity contribution is 5.80. The largest absolute Gasteiger partial charge is 0.396 e. The maximum atomic E-state index is 12.3. The number of nitrogens with one attached hydrogen (secondary N) is 2. The van der Waals surface area contributed by atoms with Crippen molar-refractivity contribution < 1.29 is 9.90 Å². The maximum Gasteiger partial charge on any atom is 0.225 e. The van der Waals surface area contributed by atoms with Gasteiger partial charge >= 0.3 is 0 Å². The highest BCUT2D eigenvalue weighted by Crippen LogP contribution is 2.31. The molecule has 0 bridgehead atoms. The highest BCUT2D eigenvalue weighted by Gasteiger charge is 2.29. The van der Waals surface area contributed by atoms with Crippen LogP contribution in [0.25, 0.3) is 0 Å². The van der Waals surface area contributed by atoms with Crippen LogP contribution < -0.4 is 10.6 Å². The zero-order chi connectivity index (χ0) is 14.7. The van der Waals surface area contributed by atoms with E-state index in [4.69, 9.17) is 0 Å². The van der Waals surface area contributed by atoms with Gasteiger partial charge in [-0.3, -0.25) is 4.79 Å². The lowest BCUT2D eigenvalue weighted by molar-refractivity contribution is -0.124. The number of fused-ring (bicyclic) bond motifs is 1. The number of aliphatic hydroxyl groups is 1. The molecule has 3 atom stereocenters. The summed E-state index contributed by atoms with van der Waals surface area (Å²) < 4.78 is 0. The second-order valence-electron chi connectivity index (χ2n) is 6.32. The van der Waals surface area contributed by atoms with E-state index in [1.165, 1.54) is 12.0 Å². The number of aliphatic hydroxyl groups excluding tert-OH is 1. The first-order valence-corrected chi connectivity index (χ1v) is 7.98. The molecule has 1 amide bonds. The molecule has 4 heteroatoms. The number of carbonyl (C=O) groups is 1. The van der Waals surface area contributed by atoms with Crippen LogP contribution in [0.2, 0.25) is 0 Å². The van der Waals surface area contributed by atoms with Crippen molar-refractivity contribution in [3.8, 4) is 0 Å². The Morgan fingerprint density at radius 1 is 1.29 bits per heavy atom. The Labute approximate surface area is 125 Å². The minimum absolute atomic E-state index is 0.00822. The third kappa shape index (κ3) is 3.21. The van der Waals surface area contributed by atoms with Crippen LogP contribution in [-0.4, -0.2) is 30.7 Å². The summed E-state index contributed by atoms with van der Waals surface area (Å²) in [6.07, 6.45) is 4.19. The van der Waals surface area contributed by atoms with Gasteiger partial charge in [-0.15, -0.1) is 0 Å². The molecule has 3 unspecified atom stereocenters. The molecule has 2 aliphatic rings. The number of hydrogen-bond donors (Lipinski definition) is 3. The molecule has 1 fully saturated rings. The summed E-state index contributed by atoms with van der Waals surface area (Å²) in [4.78, 5) is 12.3. The van der Waals surface area contributed by atoms with E-state index in [9.17, 15) is 9.90 Å². The molecular weight excluding hydrogens is 264 g/mol. The van der Waals surface area contributed by atoms with Gasteiger partial charge in [0.1, 0.15) is 0 Å². The summed E-state index contributed by atoms with van der Waals surface area (Å²) >= 11 is 0. The monoisotopic (exact) mass is 288 g/mol. The zero-order valence-electron chi connectivity index (χ0n) is 12.3. The van der Waals surface area contributed by atoms with Crippen molar-refractivity contribution in [3.63, 3.8) is 0 Å². The van der Waals surface area contributed by atoms with E-state index in [0.717, 1.165) is 24.9 Å². The van der Waals surface area contributed by atoms with Crippen LogP contribution in [0.15, 0.2) is 24.3 Å². The molecule has 4 nitrogen and oxygen atoms in total. The average molecular weight is 288 g/mol. The summed E-state index contributed by atoms with van der Waals surface area (Å²) in [6.45, 7) is 1.66. The topological polar surface area (TPSA) is 61.4 Å². The number of benzene rings is 1. The average Bonchev–Trinajstić information content (AvgIpc) is 2.99. The third-order valence-electron chi connectivity index (χ3n) is 4.98. The van der Waals surface area contributed by atoms with Gasteiger partial charge in [-0.25, -0.2) is 0 Å². The van der Waals surface area contributed by atoms with Gasteiger partial charge in [0, 0.05) is 25.4 Å². The first-order valence-electron chi connectivity index (χ1n) is 7.98. The molecule has 0 aromatic heterocycles. The van der Waals surface area contributed by atoms with Crippen LogP contribution in [0.5, 0.6) is 0 Å². The summed E-state index contributed by atoms with van der Waals surface area (Å²) in [5.74, 6) is 0.966. The fourth-order valence-corrected chi connectivity index (χ4v) is 3.63. The van der Waals surface area contributed by atoms with Crippen LogP contribution in [0.1, 0.15) is 24.8 Å². The van der Waals surface area contributed by atoms with Crippen LogP contribution in [0, 0.1) is 17.8 Å². The number of hydrogen-bond acceptors (Lipinski definition) is 3. The lowest BCUT2D eigenvalue weighted by Crippen LogP contribution is -2.40. The molecule has 0 radical (unpaired) electrons. The second kappa shape index (κ2) is 6.48. The van der Waals surface area contributed by atoms with Crippen LogP contribution in [0.4, 0.5) is 5.69 Å². The standard InChI is InChI=1S/C17H24N2O2/c20-11-14-6-3-5-13(14)9-19-17(21)15-8-12-4-1-2-7-16(12)18-10-15/h1-2,4,7,13-15,18,20H,3,5-6,8-11H2,(H,19,21). The zero-order valence-corrected chi connectivity index (χ0v) is 12.3. The molecule has 114 valence electrons. The Bertz CT molecular complexity index is 503. The van der Waals surface area contributed by atoms with Gasteiger partial charge in [0.2, 0.25) is 5.91 Å². The van der Waals surface area contributed by atoms with Crippen molar-refractivity contribution in [2.75, 3.05) is 25.0 Å². The van der Waals surface area contributed by atoms with Crippen molar-refractivity contribution in [1.29, 1.82) is 0 Å². The van der Waals surface area contributed by atoms with E-state index in [2.05, 4.69) is 22.8 Å². The van der Waals surface area contributed by atoms with Gasteiger partial charge in [-0.1, -0.05) is 24.6 Å². The van der Waals surface area contributed by atoms with E-state index in [1.54, 1.807) is 0 Å². The molecule has 0 saturated heterocycles. The smallest absolute Gasteiger partial charge is 0.225 e. The Hall–Kier alpha value is -1.55. The molecule has 0 spiro atoms. The van der Waals surface area contributed by atoms with Gasteiger partial charge in [-0.05, 0) is 42.7 Å². The van der Waals surface area contributed by atoms with E-state index in [-0.39, 0.29) is 18.4 Å². The van der Waals surface area contributed by atoms with Gasteiger partial charge < -0.3 is 15.7 Å². The highest BCUT2D eigenvalue weighted by atomic mass is 16.3. The molecule has 3 N–H and O–H groups in total. The molecule has 1 saturated carbocycles. The Kier molecular flexibility index (Phi) is 4.44. The minimum atomic E-state index is 0.00822. The maximum absolute atomic E-state index is 12.3. The summed E-state index contributed by atoms with van der Waals surface area (Å²) in [5.41, 5.74) is 2.37. The summed E-state index contributed by atoms with van der Waals surface area (Å²) in [6, 6.07) is 8.18. The number of rotatable bonds is 4. The summed E-state index contributed by atoms with van der Waals surface area (Å²) in [5, 5.41) is 15.8. The van der Waals surface area contributed by atoms with E-state index in [0.29, 0.717) is 24.9 Å². The molecule has 1 aliphatic carbocycles. The SMILES string of the molecule is O=C(NCC1CCCC1CO)C1CNc2ccccc2C1. The predicted molar refractivity (Wildman–Crippen MR) is 83.1 cm³/mol. The van der Waals surface area contributed by atoms with Gasteiger partial charge in [-0.2, -0.15) is 0 Å². The molecular formula is C17H24N2O2. The minimum Gasteiger partial charge on any atom is -0.396 e. The predicted octanol–water partition coefficient (Wildman–Crippen LogP) is 1.80. The van der Waals surface area contributed by atoms with Gasteiger partial charge in [0.25, 0.3) is 0 Å². The molecule has 1 aromatic rings. The summed E-state index contributed by atoms with van der Waals surface area (Å²) in [7, 11) is 0. The normalized spacial score (nSPS) is 27.8. The third-order valence-corrected chi connectivity index (χ3v) is 4.98. The van der Waals surface area contributed by atoms with Crippen LogP contribution in [0.3, 0.4) is 0 Å². The number of anilines is 1. The van der Waals surface area contributed by atoms with Gasteiger partial charge in [0.15, 0.2) is 0 Å². The first kappa shape index (κ1) is 14.4. The Morgan fingerprint density at radius 2 is 2.10 bits per heavy atom. The fourth-order valence-electron chi connectivity index (χ4n) is 3.63. The van der Waals surface area contributed by atoms with Crippen molar-refractivity contribution in [3.05, 3.63) is 29.8 Å². The molecule has 21 heavy (non-hydrogen) atoms. The second-order valence-corrected chi connectivity index (χ2v) is 6.32. The first-order chi connectivity index (χ1) is 10.3. The lowest BCUT2D eigenvalue weighted by atomic mass is 9.92. The van der Waals surface area contributed by atoms with Crippen molar-refractivity contribution in [1.82, 2.24) is 5.32 Å². The van der Waals surface area contributed by atoms with Gasteiger partial charge in [0.05, 0.1) is 5.92 Å².